The summed E-state index contributed by atoms with van der Waals surface area (Å²) >= 11 is 0. The Kier molecular flexibility index (Phi) is 10.2. The molecule has 2 heterocycles. The molecule has 7 rings (SSSR count). The Labute approximate surface area is 294 Å². The van der Waals surface area contributed by atoms with E-state index in [1.165, 1.54) is 6.07 Å². The molecule has 1 fully saturated rings. The molecule has 0 spiro atoms. The van der Waals surface area contributed by atoms with Gasteiger partial charge >= 0.3 is 5.63 Å². The number of rotatable bonds is 13. The molecule has 0 radical (unpaired) electrons. The molecular formula is C41H36O10. The molecule has 1 aliphatic rings. The van der Waals surface area contributed by atoms with Crippen LogP contribution in [-0.4, -0.2) is 49.0 Å². The second kappa shape index (κ2) is 15.6. The van der Waals surface area contributed by atoms with Gasteiger partial charge in [0.1, 0.15) is 47.0 Å². The van der Waals surface area contributed by atoms with Gasteiger partial charge in [-0.15, -0.1) is 0 Å². The lowest BCUT2D eigenvalue weighted by Gasteiger charge is -2.45. The van der Waals surface area contributed by atoms with Crippen molar-refractivity contribution < 1.29 is 42.7 Å². The zero-order valence-electron chi connectivity index (χ0n) is 27.7. The number of hydrogen-bond donors (Lipinski definition) is 1. The number of ether oxygens (including phenoxy) is 7. The maximum atomic E-state index is 12.7. The van der Waals surface area contributed by atoms with Crippen LogP contribution in [0.4, 0.5) is 0 Å². The molecule has 1 N–H and O–H groups in total. The highest BCUT2D eigenvalue weighted by Gasteiger charge is 2.52. The van der Waals surface area contributed by atoms with E-state index in [1.54, 1.807) is 19.1 Å². The van der Waals surface area contributed by atoms with Gasteiger partial charge in [0.2, 0.25) is 18.1 Å². The van der Waals surface area contributed by atoms with Gasteiger partial charge in [-0.25, -0.2) is 4.79 Å². The summed E-state index contributed by atoms with van der Waals surface area (Å²) in [4.78, 5) is 12.7. The zero-order chi connectivity index (χ0) is 35.0. The zero-order valence-corrected chi connectivity index (χ0v) is 27.7. The van der Waals surface area contributed by atoms with Crippen molar-refractivity contribution in [2.45, 2.75) is 37.6 Å². The average Bonchev–Trinajstić information content (AvgIpc) is 3.16. The van der Waals surface area contributed by atoms with Crippen molar-refractivity contribution in [1.82, 2.24) is 0 Å². The highest BCUT2D eigenvalue weighted by molar-refractivity contribution is 5.86. The van der Waals surface area contributed by atoms with Crippen molar-refractivity contribution in [2.75, 3.05) is 13.2 Å². The minimum atomic E-state index is -1.10. The van der Waals surface area contributed by atoms with Crippen LogP contribution >= 0.6 is 0 Å². The predicted molar refractivity (Wildman–Crippen MR) is 189 cm³/mol. The Morgan fingerprint density at radius 3 is 1.69 bits per heavy atom. The largest absolute Gasteiger partial charge is 0.504 e. The molecule has 1 saturated heterocycles. The fraction of sp³-hybridized carbons (Fsp3) is 0.195. The first kappa shape index (κ1) is 33.4. The van der Waals surface area contributed by atoms with E-state index in [1.807, 2.05) is 121 Å². The number of benzene rings is 5. The summed E-state index contributed by atoms with van der Waals surface area (Å²) in [7, 11) is 0. The molecule has 0 aliphatic carbocycles. The third kappa shape index (κ3) is 7.87. The first-order chi connectivity index (χ1) is 25.1. The molecule has 10 heteroatoms. The van der Waals surface area contributed by atoms with Gasteiger partial charge in [-0.1, -0.05) is 72.8 Å². The van der Waals surface area contributed by atoms with Crippen molar-refractivity contribution >= 4 is 11.0 Å². The minimum absolute atomic E-state index is 0.0781. The molecule has 1 aromatic heterocycles. The maximum Gasteiger partial charge on any atom is 0.383 e. The molecule has 5 aromatic carbocycles. The van der Waals surface area contributed by atoms with Gasteiger partial charge in [0, 0.05) is 6.07 Å². The number of para-hydroxylation sites is 4. The maximum absolute atomic E-state index is 12.7. The number of fused-ring (bicyclic) bond motifs is 1. The monoisotopic (exact) mass is 688 g/mol. The fourth-order valence-corrected chi connectivity index (χ4v) is 5.80. The summed E-state index contributed by atoms with van der Waals surface area (Å²) in [6, 6.07) is 42.2. The molecule has 6 aromatic rings. The van der Waals surface area contributed by atoms with Crippen molar-refractivity contribution in [2.24, 2.45) is 0 Å². The summed E-state index contributed by atoms with van der Waals surface area (Å²) in [6.07, 6.45) is -4.32. The van der Waals surface area contributed by atoms with Crippen molar-refractivity contribution in [3.8, 4) is 40.2 Å². The predicted octanol–water partition coefficient (Wildman–Crippen LogP) is 7.42. The summed E-state index contributed by atoms with van der Waals surface area (Å²) in [5.74, 6) is 2.10. The van der Waals surface area contributed by atoms with Crippen LogP contribution in [0.2, 0.25) is 0 Å². The Bertz CT molecular complexity index is 2060. The van der Waals surface area contributed by atoms with E-state index in [0.29, 0.717) is 23.0 Å². The van der Waals surface area contributed by atoms with E-state index in [9.17, 15) is 9.90 Å². The van der Waals surface area contributed by atoms with Gasteiger partial charge in [0.15, 0.2) is 18.0 Å². The Morgan fingerprint density at radius 2 is 1.12 bits per heavy atom. The lowest BCUT2D eigenvalue weighted by atomic mass is 9.97. The van der Waals surface area contributed by atoms with Crippen LogP contribution in [0, 0.1) is 0 Å². The molecule has 0 amide bonds. The highest BCUT2D eigenvalue weighted by Crippen LogP contribution is 2.36. The molecule has 0 bridgehead atoms. The topological polar surface area (TPSA) is 115 Å². The molecule has 260 valence electrons. The molecule has 51 heavy (non-hydrogen) atoms. The van der Waals surface area contributed by atoms with Crippen LogP contribution in [0.15, 0.2) is 149 Å². The second-order valence-corrected chi connectivity index (χ2v) is 11.6. The van der Waals surface area contributed by atoms with Gasteiger partial charge in [-0.2, -0.15) is 0 Å². The fourth-order valence-electron chi connectivity index (χ4n) is 5.80. The SMILES string of the molecule is CCOc1c(O)c2ccc(O[C@H]3O[C@H](COc4ccccc4)[C@@H](Oc4ccccc4)[C@H](Oc4ccccc4)[C@@H]3Oc3ccccc3)cc2oc1=O. The van der Waals surface area contributed by atoms with Crippen molar-refractivity contribution in [3.63, 3.8) is 0 Å². The molecule has 10 nitrogen and oxygen atoms in total. The van der Waals surface area contributed by atoms with Crippen LogP contribution in [0.3, 0.4) is 0 Å². The first-order valence-electron chi connectivity index (χ1n) is 16.6. The van der Waals surface area contributed by atoms with Gasteiger partial charge < -0.3 is 42.7 Å². The van der Waals surface area contributed by atoms with Gasteiger partial charge in [-0.05, 0) is 67.6 Å². The highest BCUT2D eigenvalue weighted by atomic mass is 16.7. The van der Waals surface area contributed by atoms with Crippen molar-refractivity contribution in [3.05, 3.63) is 150 Å². The van der Waals surface area contributed by atoms with E-state index < -0.39 is 36.3 Å². The molecule has 0 unspecified atom stereocenters. The second-order valence-electron chi connectivity index (χ2n) is 11.6. The van der Waals surface area contributed by atoms with Gasteiger partial charge in [0.25, 0.3) is 0 Å². The van der Waals surface area contributed by atoms with Gasteiger partial charge in [-0.3, -0.25) is 0 Å². The number of aromatic hydroxyl groups is 1. The summed E-state index contributed by atoms with van der Waals surface area (Å²) in [5.41, 5.74) is -0.713. The van der Waals surface area contributed by atoms with Crippen LogP contribution in [-0.2, 0) is 4.74 Å². The lowest BCUT2D eigenvalue weighted by Crippen LogP contribution is -2.66. The quantitative estimate of drug-likeness (QED) is 0.123. The normalized spacial score (nSPS) is 19.9. The van der Waals surface area contributed by atoms with Crippen LogP contribution in [0.25, 0.3) is 11.0 Å². The van der Waals surface area contributed by atoms with Crippen LogP contribution in [0.1, 0.15) is 6.92 Å². The van der Waals surface area contributed by atoms with E-state index in [2.05, 4.69) is 0 Å². The summed E-state index contributed by atoms with van der Waals surface area (Å²) in [5, 5.41) is 11.1. The van der Waals surface area contributed by atoms with E-state index in [0.717, 1.165) is 0 Å². The summed E-state index contributed by atoms with van der Waals surface area (Å²) < 4.78 is 50.4. The van der Waals surface area contributed by atoms with Crippen molar-refractivity contribution in [1.29, 1.82) is 0 Å². The van der Waals surface area contributed by atoms with E-state index in [4.69, 9.17) is 37.6 Å². The van der Waals surface area contributed by atoms with Crippen LogP contribution in [0.5, 0.6) is 40.2 Å². The molecule has 5 atom stereocenters. The molecular weight excluding hydrogens is 652 g/mol. The summed E-state index contributed by atoms with van der Waals surface area (Å²) in [6.45, 7) is 1.97. The third-order valence-corrected chi connectivity index (χ3v) is 8.15. The third-order valence-electron chi connectivity index (χ3n) is 8.15. The lowest BCUT2D eigenvalue weighted by molar-refractivity contribution is -0.260. The minimum Gasteiger partial charge on any atom is -0.504 e. The van der Waals surface area contributed by atoms with E-state index in [-0.39, 0.29) is 41.4 Å². The van der Waals surface area contributed by atoms with E-state index >= 15 is 0 Å². The standard InChI is InChI=1S/C41H36O10/c1-2-44-37-35(42)32-24-23-31(25-33(32)50-40(37)43)49-41-39(48-30-21-13-6-14-22-30)38(47-29-19-11-5-12-20-29)36(46-28-17-9-4-10-18-28)34(51-41)26-45-27-15-7-3-8-16-27/h3-25,34,36,38-39,41-42H,2,26H2,1H3/t34-,36-,38+,39+,41+/m1/s1. The Hall–Kier alpha value is -6.13. The molecule has 1 aliphatic heterocycles. The average molecular weight is 689 g/mol. The first-order valence-corrected chi connectivity index (χ1v) is 16.6. The van der Waals surface area contributed by atoms with Crippen LogP contribution < -0.4 is 34.0 Å². The Balaban J connectivity index is 1.30. The van der Waals surface area contributed by atoms with Gasteiger partial charge in [0.05, 0.1) is 12.0 Å². The Morgan fingerprint density at radius 1 is 0.588 bits per heavy atom. The molecule has 0 saturated carbocycles. The number of hydrogen-bond acceptors (Lipinski definition) is 10. The smallest absolute Gasteiger partial charge is 0.383 e.